The molecule has 23 heavy (non-hydrogen) atoms. The highest BCUT2D eigenvalue weighted by atomic mass is 15.3. The van der Waals surface area contributed by atoms with Crippen LogP contribution < -0.4 is 15.5 Å². The van der Waals surface area contributed by atoms with Crippen molar-refractivity contribution in [2.45, 2.75) is 32.4 Å². The van der Waals surface area contributed by atoms with Crippen molar-refractivity contribution in [1.82, 2.24) is 9.97 Å². The van der Waals surface area contributed by atoms with Crippen LogP contribution in [0.25, 0.3) is 0 Å². The van der Waals surface area contributed by atoms with Crippen molar-refractivity contribution >= 4 is 11.8 Å². The Morgan fingerprint density at radius 1 is 1.09 bits per heavy atom. The van der Waals surface area contributed by atoms with Crippen molar-refractivity contribution in [1.29, 1.82) is 0 Å². The summed E-state index contributed by atoms with van der Waals surface area (Å²) in [6.07, 6.45) is 2.09. The van der Waals surface area contributed by atoms with Crippen LogP contribution in [0.1, 0.15) is 23.2 Å². The first kappa shape index (κ1) is 14.5. The molecule has 4 rings (SSSR count). The van der Waals surface area contributed by atoms with E-state index in [0.717, 1.165) is 56.5 Å². The third-order valence-corrected chi connectivity index (χ3v) is 4.79. The van der Waals surface area contributed by atoms with Gasteiger partial charge in [0.2, 0.25) is 5.95 Å². The van der Waals surface area contributed by atoms with Crippen LogP contribution >= 0.6 is 0 Å². The van der Waals surface area contributed by atoms with Gasteiger partial charge in [0.1, 0.15) is 5.82 Å². The number of hydrogen-bond donors (Lipinski definition) is 1. The van der Waals surface area contributed by atoms with Crippen LogP contribution in [0.2, 0.25) is 0 Å². The van der Waals surface area contributed by atoms with Gasteiger partial charge < -0.3 is 15.5 Å². The molecule has 2 aliphatic heterocycles. The molecule has 1 aromatic carbocycles. The summed E-state index contributed by atoms with van der Waals surface area (Å²) in [7, 11) is 0. The molecule has 120 valence electrons. The van der Waals surface area contributed by atoms with Crippen molar-refractivity contribution < 1.29 is 0 Å². The maximum atomic E-state index is 6.04. The molecule has 5 nitrogen and oxygen atoms in total. The van der Waals surface area contributed by atoms with Crippen molar-refractivity contribution in [2.24, 2.45) is 5.73 Å². The molecule has 1 aromatic heterocycles. The lowest BCUT2D eigenvalue weighted by atomic mass is 10.0. The minimum atomic E-state index is 0.260. The molecule has 0 bridgehead atoms. The molecular formula is C18H23N5. The van der Waals surface area contributed by atoms with Crippen LogP contribution in [-0.2, 0) is 13.0 Å². The lowest BCUT2D eigenvalue weighted by Crippen LogP contribution is -2.33. The van der Waals surface area contributed by atoms with E-state index in [1.54, 1.807) is 0 Å². The monoisotopic (exact) mass is 309 g/mol. The van der Waals surface area contributed by atoms with Crippen LogP contribution in [0.15, 0.2) is 30.3 Å². The van der Waals surface area contributed by atoms with E-state index in [-0.39, 0.29) is 6.04 Å². The molecule has 2 aromatic rings. The van der Waals surface area contributed by atoms with Crippen molar-refractivity contribution in [3.05, 3.63) is 47.2 Å². The summed E-state index contributed by atoms with van der Waals surface area (Å²) in [5, 5.41) is 0. The Morgan fingerprint density at radius 2 is 1.91 bits per heavy atom. The Bertz CT molecular complexity index is 714. The molecule has 1 unspecified atom stereocenters. The zero-order valence-corrected chi connectivity index (χ0v) is 13.6. The number of aromatic nitrogens is 2. The molecule has 1 fully saturated rings. The number of nitrogens with two attached hydrogens (primary N) is 1. The Hall–Kier alpha value is -2.14. The zero-order valence-electron chi connectivity index (χ0n) is 13.6. The predicted molar refractivity (Wildman–Crippen MR) is 92.8 cm³/mol. The first-order valence-corrected chi connectivity index (χ1v) is 8.37. The summed E-state index contributed by atoms with van der Waals surface area (Å²) < 4.78 is 0. The average Bonchev–Trinajstić information content (AvgIpc) is 3.00. The second-order valence-electron chi connectivity index (χ2n) is 6.60. The van der Waals surface area contributed by atoms with Gasteiger partial charge >= 0.3 is 0 Å². The highest BCUT2D eigenvalue weighted by molar-refractivity contribution is 5.48. The second kappa shape index (κ2) is 5.81. The summed E-state index contributed by atoms with van der Waals surface area (Å²) in [4.78, 5) is 14.1. The maximum absolute atomic E-state index is 6.04. The van der Waals surface area contributed by atoms with Crippen molar-refractivity contribution in [3.8, 4) is 0 Å². The van der Waals surface area contributed by atoms with Gasteiger partial charge in [0.25, 0.3) is 0 Å². The number of rotatable bonds is 2. The Morgan fingerprint density at radius 3 is 2.70 bits per heavy atom. The van der Waals surface area contributed by atoms with Gasteiger partial charge in [-0.05, 0) is 30.9 Å². The molecule has 3 heterocycles. The number of fused-ring (bicyclic) bond motifs is 1. The standard InChI is InChI=1S/C18H23N5/c1-13-10-17(22-9-7-16(19)12-22)21-18(20-13)23-8-6-14-4-2-3-5-15(14)11-23/h2-5,10,16H,6-9,11-12,19H2,1H3. The average molecular weight is 309 g/mol. The highest BCUT2D eigenvalue weighted by Gasteiger charge is 2.23. The number of anilines is 2. The molecule has 0 aliphatic carbocycles. The molecule has 0 saturated carbocycles. The van der Waals surface area contributed by atoms with E-state index in [0.29, 0.717) is 0 Å². The van der Waals surface area contributed by atoms with E-state index in [2.05, 4.69) is 45.1 Å². The molecule has 5 heteroatoms. The second-order valence-corrected chi connectivity index (χ2v) is 6.60. The van der Waals surface area contributed by atoms with E-state index in [1.165, 1.54) is 11.1 Å². The molecule has 0 radical (unpaired) electrons. The van der Waals surface area contributed by atoms with Crippen LogP contribution in [0.4, 0.5) is 11.8 Å². The SMILES string of the molecule is Cc1cc(N2CCC(N)C2)nc(N2CCc3ccccc3C2)n1. The Labute approximate surface area is 137 Å². The largest absolute Gasteiger partial charge is 0.355 e. The summed E-state index contributed by atoms with van der Waals surface area (Å²) in [6, 6.07) is 11.0. The third kappa shape index (κ3) is 2.88. The van der Waals surface area contributed by atoms with Crippen molar-refractivity contribution in [2.75, 3.05) is 29.4 Å². The van der Waals surface area contributed by atoms with Gasteiger partial charge in [-0.3, -0.25) is 0 Å². The van der Waals surface area contributed by atoms with E-state index in [9.17, 15) is 0 Å². The quantitative estimate of drug-likeness (QED) is 0.918. The molecule has 1 atom stereocenters. The van der Waals surface area contributed by atoms with Gasteiger partial charge in [-0.15, -0.1) is 0 Å². The topological polar surface area (TPSA) is 58.3 Å². The molecule has 1 saturated heterocycles. The lowest BCUT2D eigenvalue weighted by molar-refractivity contribution is 0.703. The number of benzene rings is 1. The summed E-state index contributed by atoms with van der Waals surface area (Å²) >= 11 is 0. The van der Waals surface area contributed by atoms with Gasteiger partial charge in [-0.25, -0.2) is 4.98 Å². The van der Waals surface area contributed by atoms with Gasteiger partial charge in [0.15, 0.2) is 0 Å². The summed E-state index contributed by atoms with van der Waals surface area (Å²) in [5.41, 5.74) is 9.89. The number of hydrogen-bond acceptors (Lipinski definition) is 5. The fourth-order valence-electron chi connectivity index (χ4n) is 3.50. The Balaban J connectivity index is 1.61. The van der Waals surface area contributed by atoms with E-state index in [4.69, 9.17) is 10.7 Å². The third-order valence-electron chi connectivity index (χ3n) is 4.79. The van der Waals surface area contributed by atoms with Crippen molar-refractivity contribution in [3.63, 3.8) is 0 Å². The van der Waals surface area contributed by atoms with Crippen LogP contribution in [-0.4, -0.2) is 35.6 Å². The number of aryl methyl sites for hydroxylation is 1. The zero-order chi connectivity index (χ0) is 15.8. The lowest BCUT2D eigenvalue weighted by Gasteiger charge is -2.30. The van der Waals surface area contributed by atoms with Gasteiger partial charge in [0.05, 0.1) is 0 Å². The Kier molecular flexibility index (Phi) is 3.65. The van der Waals surface area contributed by atoms with E-state index in [1.807, 2.05) is 6.92 Å². The summed E-state index contributed by atoms with van der Waals surface area (Å²) in [5.74, 6) is 1.86. The maximum Gasteiger partial charge on any atom is 0.227 e. The summed E-state index contributed by atoms with van der Waals surface area (Å²) in [6.45, 7) is 5.78. The first-order valence-electron chi connectivity index (χ1n) is 8.37. The highest BCUT2D eigenvalue weighted by Crippen LogP contribution is 2.25. The van der Waals surface area contributed by atoms with Gasteiger partial charge in [-0.1, -0.05) is 24.3 Å². The first-order chi connectivity index (χ1) is 11.2. The molecule has 0 spiro atoms. The van der Waals surface area contributed by atoms with Crippen LogP contribution in [0, 0.1) is 6.92 Å². The fourth-order valence-corrected chi connectivity index (χ4v) is 3.50. The molecular weight excluding hydrogens is 286 g/mol. The van der Waals surface area contributed by atoms with E-state index >= 15 is 0 Å². The van der Waals surface area contributed by atoms with E-state index < -0.39 is 0 Å². The van der Waals surface area contributed by atoms with Gasteiger partial charge in [-0.2, -0.15) is 4.98 Å². The smallest absolute Gasteiger partial charge is 0.227 e. The molecule has 2 N–H and O–H groups in total. The normalized spacial score (nSPS) is 20.7. The van der Waals surface area contributed by atoms with Gasteiger partial charge in [0, 0.05) is 44.0 Å². The van der Waals surface area contributed by atoms with Crippen LogP contribution in [0.3, 0.4) is 0 Å². The molecule has 2 aliphatic rings. The number of nitrogens with zero attached hydrogens (tertiary/aromatic N) is 4. The predicted octanol–water partition coefficient (Wildman–Crippen LogP) is 1.89. The van der Waals surface area contributed by atoms with Crippen LogP contribution in [0.5, 0.6) is 0 Å². The minimum absolute atomic E-state index is 0.260. The fraction of sp³-hybridized carbons (Fsp3) is 0.444. The molecule has 0 amide bonds. The minimum Gasteiger partial charge on any atom is -0.355 e.